The maximum Gasteiger partial charge on any atom is 0.259 e. The highest BCUT2D eigenvalue weighted by Crippen LogP contribution is 2.41. The minimum Gasteiger partial charge on any atom is -0.361 e. The van der Waals surface area contributed by atoms with E-state index in [-0.39, 0.29) is 5.91 Å². The number of aromatic nitrogens is 3. The number of amides is 1. The van der Waals surface area contributed by atoms with Crippen molar-refractivity contribution in [1.29, 1.82) is 0 Å². The zero-order valence-corrected chi connectivity index (χ0v) is 14.8. The van der Waals surface area contributed by atoms with Crippen LogP contribution in [0, 0.1) is 25.7 Å². The summed E-state index contributed by atoms with van der Waals surface area (Å²) in [5.41, 5.74) is 1.30. The van der Waals surface area contributed by atoms with Crippen LogP contribution in [-0.4, -0.2) is 52.3 Å². The zero-order valence-electron chi connectivity index (χ0n) is 14.8. The molecular formula is C18H23N5O2. The molecule has 0 spiro atoms. The van der Waals surface area contributed by atoms with Crippen LogP contribution in [0.3, 0.4) is 0 Å². The van der Waals surface area contributed by atoms with E-state index in [0.717, 1.165) is 31.7 Å². The van der Waals surface area contributed by atoms with Gasteiger partial charge in [-0.05, 0) is 44.7 Å². The second-order valence-electron chi connectivity index (χ2n) is 7.17. The van der Waals surface area contributed by atoms with Gasteiger partial charge in [0.25, 0.3) is 5.91 Å². The molecule has 2 aliphatic rings. The molecule has 1 aliphatic heterocycles. The average Bonchev–Trinajstić information content (AvgIpc) is 3.29. The second-order valence-corrected chi connectivity index (χ2v) is 7.17. The third-order valence-electron chi connectivity index (χ3n) is 5.77. The molecule has 2 aromatic heterocycles. The molecule has 0 unspecified atom stereocenters. The van der Waals surface area contributed by atoms with Gasteiger partial charge in [0.05, 0.1) is 5.69 Å². The van der Waals surface area contributed by atoms with Gasteiger partial charge in [-0.1, -0.05) is 5.16 Å². The first-order valence-electron chi connectivity index (χ1n) is 8.79. The van der Waals surface area contributed by atoms with E-state index < -0.39 is 0 Å². The van der Waals surface area contributed by atoms with E-state index in [9.17, 15) is 4.79 Å². The fraction of sp³-hybridized carbons (Fsp3) is 0.556. The summed E-state index contributed by atoms with van der Waals surface area (Å²) in [6.45, 7) is 5.22. The second kappa shape index (κ2) is 6.13. The standard InChI is InChI=1S/C18H23N5O2/c1-11-17(12(2)25-21-11)18(24)23-9-13-6-7-15(14(13)10-23)22(3)16-5-4-8-19-20-16/h4-5,8,13-15H,6-7,9-10H2,1-3H3/t13-,14+,15-/m1/s1. The Morgan fingerprint density at radius 1 is 1.32 bits per heavy atom. The normalized spacial score (nSPS) is 25.2. The van der Waals surface area contributed by atoms with Gasteiger partial charge in [0, 0.05) is 38.3 Å². The number of carbonyl (C=O) groups is 1. The topological polar surface area (TPSA) is 75.4 Å². The molecule has 25 heavy (non-hydrogen) atoms. The van der Waals surface area contributed by atoms with Crippen molar-refractivity contribution in [2.45, 2.75) is 32.7 Å². The highest BCUT2D eigenvalue weighted by atomic mass is 16.5. The molecule has 0 N–H and O–H groups in total. The summed E-state index contributed by atoms with van der Waals surface area (Å²) in [6, 6.07) is 4.29. The summed E-state index contributed by atoms with van der Waals surface area (Å²) in [6.07, 6.45) is 3.97. The van der Waals surface area contributed by atoms with Crippen molar-refractivity contribution in [1.82, 2.24) is 20.3 Å². The molecule has 1 saturated carbocycles. The van der Waals surface area contributed by atoms with Crippen molar-refractivity contribution in [3.63, 3.8) is 0 Å². The molecule has 1 aliphatic carbocycles. The molecule has 1 amide bonds. The van der Waals surface area contributed by atoms with Gasteiger partial charge >= 0.3 is 0 Å². The minimum absolute atomic E-state index is 0.0477. The molecule has 7 heteroatoms. The van der Waals surface area contributed by atoms with E-state index in [4.69, 9.17) is 4.52 Å². The summed E-state index contributed by atoms with van der Waals surface area (Å²) in [5.74, 6) is 2.56. The molecule has 0 radical (unpaired) electrons. The fourth-order valence-corrected chi connectivity index (χ4v) is 4.48. The summed E-state index contributed by atoms with van der Waals surface area (Å²) >= 11 is 0. The van der Waals surface area contributed by atoms with Crippen molar-refractivity contribution in [3.8, 4) is 0 Å². The third kappa shape index (κ3) is 2.67. The van der Waals surface area contributed by atoms with Crippen LogP contribution in [0.25, 0.3) is 0 Å². The SMILES string of the molecule is Cc1noc(C)c1C(=O)N1C[C@H]2CC[C@@H](N(C)c3cccnn3)[C@H]2C1. The number of hydrogen-bond donors (Lipinski definition) is 0. The van der Waals surface area contributed by atoms with Crippen LogP contribution in [0.1, 0.15) is 34.7 Å². The molecule has 132 valence electrons. The minimum atomic E-state index is 0.0477. The van der Waals surface area contributed by atoms with Crippen molar-refractivity contribution in [2.24, 2.45) is 11.8 Å². The smallest absolute Gasteiger partial charge is 0.259 e. The first-order valence-corrected chi connectivity index (χ1v) is 8.79. The molecule has 3 atom stereocenters. The van der Waals surface area contributed by atoms with Crippen molar-refractivity contribution >= 4 is 11.7 Å². The first-order chi connectivity index (χ1) is 12.1. The Bertz CT molecular complexity index is 756. The number of hydrogen-bond acceptors (Lipinski definition) is 6. The van der Waals surface area contributed by atoms with Crippen LogP contribution in [-0.2, 0) is 0 Å². The largest absolute Gasteiger partial charge is 0.361 e. The molecule has 0 aromatic carbocycles. The van der Waals surface area contributed by atoms with Crippen molar-refractivity contribution in [2.75, 3.05) is 25.0 Å². The highest BCUT2D eigenvalue weighted by Gasteiger charge is 2.46. The number of rotatable bonds is 3. The summed E-state index contributed by atoms with van der Waals surface area (Å²) in [7, 11) is 2.08. The predicted octanol–water partition coefficient (Wildman–Crippen LogP) is 2.07. The van der Waals surface area contributed by atoms with E-state index in [2.05, 4.69) is 27.3 Å². The lowest BCUT2D eigenvalue weighted by Gasteiger charge is -2.30. The fourth-order valence-electron chi connectivity index (χ4n) is 4.48. The Kier molecular flexibility index (Phi) is 3.94. The molecule has 2 fully saturated rings. The Labute approximate surface area is 147 Å². The van der Waals surface area contributed by atoms with E-state index in [0.29, 0.717) is 34.9 Å². The maximum atomic E-state index is 12.9. The Morgan fingerprint density at radius 2 is 2.16 bits per heavy atom. The van der Waals surface area contributed by atoms with Gasteiger partial charge in [-0.3, -0.25) is 4.79 Å². The summed E-state index contributed by atoms with van der Waals surface area (Å²) < 4.78 is 5.17. The molecule has 3 heterocycles. The zero-order chi connectivity index (χ0) is 17.6. The lowest BCUT2D eigenvalue weighted by molar-refractivity contribution is 0.0777. The van der Waals surface area contributed by atoms with Gasteiger partial charge in [0.15, 0.2) is 5.82 Å². The maximum absolute atomic E-state index is 12.9. The number of likely N-dealkylation sites (tertiary alicyclic amines) is 1. The molecule has 4 rings (SSSR count). The average molecular weight is 341 g/mol. The first kappa shape index (κ1) is 16.1. The molecule has 0 bridgehead atoms. The number of fused-ring (bicyclic) bond motifs is 1. The highest BCUT2D eigenvalue weighted by molar-refractivity contribution is 5.96. The Hall–Kier alpha value is -2.44. The number of carbonyl (C=O) groups excluding carboxylic acids is 1. The van der Waals surface area contributed by atoms with Gasteiger partial charge in [0.1, 0.15) is 11.3 Å². The lowest BCUT2D eigenvalue weighted by Crippen LogP contribution is -2.39. The third-order valence-corrected chi connectivity index (χ3v) is 5.77. The number of aryl methyl sites for hydroxylation is 2. The molecule has 2 aromatic rings. The van der Waals surface area contributed by atoms with Crippen LogP contribution >= 0.6 is 0 Å². The van der Waals surface area contributed by atoms with Crippen LogP contribution in [0.5, 0.6) is 0 Å². The Balaban J connectivity index is 1.51. The molecule has 7 nitrogen and oxygen atoms in total. The number of nitrogens with zero attached hydrogens (tertiary/aromatic N) is 5. The monoisotopic (exact) mass is 341 g/mol. The quantitative estimate of drug-likeness (QED) is 0.851. The molecule has 1 saturated heterocycles. The van der Waals surface area contributed by atoms with Crippen molar-refractivity contribution in [3.05, 3.63) is 35.3 Å². The van der Waals surface area contributed by atoms with Crippen molar-refractivity contribution < 1.29 is 9.32 Å². The van der Waals surface area contributed by atoms with E-state index >= 15 is 0 Å². The van der Waals surface area contributed by atoms with Crippen LogP contribution < -0.4 is 4.90 Å². The van der Waals surface area contributed by atoms with E-state index in [1.807, 2.05) is 24.0 Å². The van der Waals surface area contributed by atoms with Crippen LogP contribution in [0.15, 0.2) is 22.9 Å². The lowest BCUT2D eigenvalue weighted by atomic mass is 9.97. The van der Waals surface area contributed by atoms with Gasteiger partial charge < -0.3 is 14.3 Å². The summed E-state index contributed by atoms with van der Waals surface area (Å²) in [5, 5.41) is 12.1. The van der Waals surface area contributed by atoms with E-state index in [1.54, 1.807) is 13.1 Å². The van der Waals surface area contributed by atoms with Crippen LogP contribution in [0.4, 0.5) is 5.82 Å². The van der Waals surface area contributed by atoms with Gasteiger partial charge in [-0.15, -0.1) is 5.10 Å². The van der Waals surface area contributed by atoms with Gasteiger partial charge in [-0.2, -0.15) is 5.10 Å². The number of anilines is 1. The Morgan fingerprint density at radius 3 is 2.84 bits per heavy atom. The molecular weight excluding hydrogens is 318 g/mol. The summed E-state index contributed by atoms with van der Waals surface area (Å²) in [4.78, 5) is 17.1. The predicted molar refractivity (Wildman–Crippen MR) is 92.3 cm³/mol. The van der Waals surface area contributed by atoms with Gasteiger partial charge in [-0.25, -0.2) is 0 Å². The van der Waals surface area contributed by atoms with Gasteiger partial charge in [0.2, 0.25) is 0 Å². The van der Waals surface area contributed by atoms with E-state index in [1.165, 1.54) is 0 Å². The van der Waals surface area contributed by atoms with Crippen LogP contribution in [0.2, 0.25) is 0 Å².